The molecule has 0 atom stereocenters. The summed E-state index contributed by atoms with van der Waals surface area (Å²) in [7, 11) is 1.69. The molecule has 0 amide bonds. The van der Waals surface area contributed by atoms with Crippen LogP contribution >= 0.6 is 0 Å². The zero-order valence-corrected chi connectivity index (χ0v) is 10.6. The minimum Gasteiger partial charge on any atom is -0.383 e. The summed E-state index contributed by atoms with van der Waals surface area (Å²) < 4.78 is 6.77. The van der Waals surface area contributed by atoms with Gasteiger partial charge in [0, 0.05) is 37.7 Å². The molecule has 0 saturated carbocycles. The lowest BCUT2D eigenvalue weighted by atomic mass is 10.2. The molecule has 6 heteroatoms. The molecule has 0 aromatic carbocycles. The van der Waals surface area contributed by atoms with Gasteiger partial charge >= 0.3 is 0 Å². The van der Waals surface area contributed by atoms with E-state index in [-0.39, 0.29) is 0 Å². The van der Waals surface area contributed by atoms with Crippen molar-refractivity contribution in [2.75, 3.05) is 20.3 Å². The van der Waals surface area contributed by atoms with E-state index in [0.717, 1.165) is 30.2 Å². The number of aromatic nitrogens is 4. The molecule has 18 heavy (non-hydrogen) atoms. The number of nitrogens with one attached hydrogen (secondary N) is 1. The number of hydrogen-bond donors (Lipinski definition) is 1. The highest BCUT2D eigenvalue weighted by Crippen LogP contribution is 2.11. The number of nitrogens with zero attached hydrogens (tertiary/aromatic N) is 4. The van der Waals surface area contributed by atoms with E-state index >= 15 is 0 Å². The van der Waals surface area contributed by atoms with Crippen molar-refractivity contribution in [2.24, 2.45) is 0 Å². The summed E-state index contributed by atoms with van der Waals surface area (Å²) in [5, 5.41) is 15.5. The second-order valence-electron chi connectivity index (χ2n) is 3.92. The van der Waals surface area contributed by atoms with Crippen LogP contribution < -0.4 is 5.32 Å². The van der Waals surface area contributed by atoms with Crippen LogP contribution in [-0.4, -0.2) is 40.2 Å². The molecule has 0 radical (unpaired) electrons. The molecule has 0 unspecified atom stereocenters. The summed E-state index contributed by atoms with van der Waals surface area (Å²) in [6.45, 7) is 4.33. The van der Waals surface area contributed by atoms with Crippen molar-refractivity contribution in [1.82, 2.24) is 25.3 Å². The Kier molecular flexibility index (Phi) is 4.38. The van der Waals surface area contributed by atoms with E-state index in [9.17, 15) is 0 Å². The summed E-state index contributed by atoms with van der Waals surface area (Å²) in [4.78, 5) is 0. The highest BCUT2D eigenvalue weighted by molar-refractivity contribution is 5.26. The van der Waals surface area contributed by atoms with Crippen LogP contribution in [-0.2, 0) is 11.3 Å². The smallest absolute Gasteiger partial charge is 0.175 e. The predicted octanol–water partition coefficient (Wildman–Crippen LogP) is 0.707. The Bertz CT molecular complexity index is 482. The van der Waals surface area contributed by atoms with E-state index in [0.29, 0.717) is 6.61 Å². The molecule has 0 spiro atoms. The van der Waals surface area contributed by atoms with Crippen LogP contribution in [0.2, 0.25) is 0 Å². The fourth-order valence-electron chi connectivity index (χ4n) is 1.65. The summed E-state index contributed by atoms with van der Waals surface area (Å²) >= 11 is 0. The Morgan fingerprint density at radius 3 is 3.06 bits per heavy atom. The van der Waals surface area contributed by atoms with Gasteiger partial charge < -0.3 is 10.1 Å². The first-order chi connectivity index (χ1) is 8.83. The Morgan fingerprint density at radius 2 is 2.33 bits per heavy atom. The normalized spacial score (nSPS) is 10.8. The van der Waals surface area contributed by atoms with Crippen molar-refractivity contribution in [3.8, 4) is 5.82 Å². The van der Waals surface area contributed by atoms with Gasteiger partial charge in [-0.3, -0.25) is 0 Å². The van der Waals surface area contributed by atoms with Gasteiger partial charge in [0.2, 0.25) is 0 Å². The maximum absolute atomic E-state index is 4.98. The first-order valence-electron chi connectivity index (χ1n) is 5.84. The van der Waals surface area contributed by atoms with Crippen LogP contribution in [0, 0.1) is 6.92 Å². The number of hydrogen-bond acceptors (Lipinski definition) is 5. The average molecular weight is 247 g/mol. The van der Waals surface area contributed by atoms with Gasteiger partial charge in [-0.25, -0.2) is 4.68 Å². The summed E-state index contributed by atoms with van der Waals surface area (Å²) in [6.07, 6.45) is 3.50. The number of methoxy groups -OCH3 is 1. The summed E-state index contributed by atoms with van der Waals surface area (Å²) in [6, 6.07) is 3.73. The SMILES string of the molecule is COCCNCc1cnn(-c2cccnn2)c1C. The lowest BCUT2D eigenvalue weighted by molar-refractivity contribution is 0.199. The molecule has 0 aliphatic heterocycles. The second-order valence-corrected chi connectivity index (χ2v) is 3.92. The zero-order chi connectivity index (χ0) is 12.8. The van der Waals surface area contributed by atoms with E-state index in [1.54, 1.807) is 18.0 Å². The molecule has 2 rings (SSSR count). The fourth-order valence-corrected chi connectivity index (χ4v) is 1.65. The third-order valence-corrected chi connectivity index (χ3v) is 2.69. The standard InChI is InChI=1S/C12H17N5O/c1-10-11(8-13-6-7-18-2)9-15-17(10)12-4-3-5-14-16-12/h3-5,9,13H,6-8H2,1-2H3. The molecule has 96 valence electrons. The van der Waals surface area contributed by atoms with Crippen LogP contribution in [0.1, 0.15) is 11.3 Å². The molecule has 0 aliphatic carbocycles. The van der Waals surface area contributed by atoms with Crippen molar-refractivity contribution < 1.29 is 4.74 Å². The van der Waals surface area contributed by atoms with Crippen LogP contribution in [0.15, 0.2) is 24.5 Å². The van der Waals surface area contributed by atoms with Gasteiger partial charge in [0.1, 0.15) is 0 Å². The summed E-state index contributed by atoms with van der Waals surface area (Å²) in [5.74, 6) is 0.734. The Hall–Kier alpha value is -1.79. The minimum atomic E-state index is 0.706. The molecule has 0 aliphatic rings. The van der Waals surface area contributed by atoms with Crippen molar-refractivity contribution in [3.05, 3.63) is 35.8 Å². The van der Waals surface area contributed by atoms with Gasteiger partial charge in [-0.2, -0.15) is 10.2 Å². The number of rotatable bonds is 6. The van der Waals surface area contributed by atoms with Crippen LogP contribution in [0.5, 0.6) is 0 Å². The molecular weight excluding hydrogens is 230 g/mol. The Balaban J connectivity index is 2.05. The molecule has 2 aromatic heterocycles. The molecule has 2 heterocycles. The third kappa shape index (κ3) is 2.91. The highest BCUT2D eigenvalue weighted by Gasteiger charge is 2.08. The molecular formula is C12H17N5O. The lowest BCUT2D eigenvalue weighted by Gasteiger charge is -2.05. The average Bonchev–Trinajstić information content (AvgIpc) is 2.77. The highest BCUT2D eigenvalue weighted by atomic mass is 16.5. The first kappa shape index (κ1) is 12.7. The van der Waals surface area contributed by atoms with Crippen molar-refractivity contribution in [3.63, 3.8) is 0 Å². The molecule has 2 aromatic rings. The van der Waals surface area contributed by atoms with Crippen LogP contribution in [0.4, 0.5) is 0 Å². The molecule has 6 nitrogen and oxygen atoms in total. The van der Waals surface area contributed by atoms with Crippen molar-refractivity contribution in [1.29, 1.82) is 0 Å². The van der Waals surface area contributed by atoms with E-state index in [2.05, 4.69) is 20.6 Å². The van der Waals surface area contributed by atoms with Crippen molar-refractivity contribution >= 4 is 0 Å². The maximum atomic E-state index is 4.98. The van der Waals surface area contributed by atoms with Gasteiger partial charge in [0.15, 0.2) is 5.82 Å². The largest absolute Gasteiger partial charge is 0.383 e. The molecule has 0 saturated heterocycles. The van der Waals surface area contributed by atoms with Gasteiger partial charge in [-0.1, -0.05) is 0 Å². The summed E-state index contributed by atoms with van der Waals surface area (Å²) in [5.41, 5.74) is 2.22. The quantitative estimate of drug-likeness (QED) is 0.761. The maximum Gasteiger partial charge on any atom is 0.175 e. The van der Waals surface area contributed by atoms with Gasteiger partial charge in [-0.15, -0.1) is 5.10 Å². The molecule has 0 bridgehead atoms. The topological polar surface area (TPSA) is 64.9 Å². The van der Waals surface area contributed by atoms with Gasteiger partial charge in [0.25, 0.3) is 0 Å². The molecule has 1 N–H and O–H groups in total. The first-order valence-corrected chi connectivity index (χ1v) is 5.84. The monoisotopic (exact) mass is 247 g/mol. The fraction of sp³-hybridized carbons (Fsp3) is 0.417. The third-order valence-electron chi connectivity index (χ3n) is 2.69. The molecule has 0 fully saturated rings. The van der Waals surface area contributed by atoms with E-state index in [1.807, 2.05) is 25.3 Å². The Morgan fingerprint density at radius 1 is 1.44 bits per heavy atom. The van der Waals surface area contributed by atoms with E-state index < -0.39 is 0 Å². The van der Waals surface area contributed by atoms with E-state index in [1.165, 1.54) is 0 Å². The van der Waals surface area contributed by atoms with Gasteiger partial charge in [-0.05, 0) is 19.1 Å². The van der Waals surface area contributed by atoms with Crippen molar-refractivity contribution in [2.45, 2.75) is 13.5 Å². The van der Waals surface area contributed by atoms with Crippen LogP contribution in [0.25, 0.3) is 5.82 Å². The zero-order valence-electron chi connectivity index (χ0n) is 10.6. The lowest BCUT2D eigenvalue weighted by Crippen LogP contribution is -2.18. The minimum absolute atomic E-state index is 0.706. The van der Waals surface area contributed by atoms with Gasteiger partial charge in [0.05, 0.1) is 12.8 Å². The number of ether oxygens (including phenoxy) is 1. The second kappa shape index (κ2) is 6.23. The Labute approximate surface area is 106 Å². The van der Waals surface area contributed by atoms with E-state index in [4.69, 9.17) is 4.74 Å². The predicted molar refractivity (Wildman–Crippen MR) is 67.5 cm³/mol. The van der Waals surface area contributed by atoms with Crippen LogP contribution in [0.3, 0.4) is 0 Å².